The van der Waals surface area contributed by atoms with Gasteiger partial charge in [-0.2, -0.15) is 0 Å². The van der Waals surface area contributed by atoms with Gasteiger partial charge >= 0.3 is 5.97 Å². The lowest BCUT2D eigenvalue weighted by Gasteiger charge is -2.30. The Morgan fingerprint density at radius 2 is 1.79 bits per heavy atom. The van der Waals surface area contributed by atoms with Gasteiger partial charge in [0.2, 0.25) is 11.8 Å². The fraction of sp³-hybridized carbons (Fsp3) is 0.286. The van der Waals surface area contributed by atoms with E-state index in [0.717, 1.165) is 12.0 Å². The summed E-state index contributed by atoms with van der Waals surface area (Å²) in [6.07, 6.45) is 0. The molecule has 4 atom stereocenters. The number of para-hydroxylation sites is 1. The van der Waals surface area contributed by atoms with Crippen LogP contribution in [-0.4, -0.2) is 42.1 Å². The number of imide groups is 1. The van der Waals surface area contributed by atoms with Gasteiger partial charge in [0.25, 0.3) is 0 Å². The van der Waals surface area contributed by atoms with Gasteiger partial charge in [0.1, 0.15) is 5.82 Å². The number of hydrogen-bond acceptors (Lipinski definition) is 6. The van der Waals surface area contributed by atoms with Crippen molar-refractivity contribution in [1.29, 1.82) is 0 Å². The number of rotatable bonds is 4. The fourth-order valence-corrected chi connectivity index (χ4v) is 4.41. The molecule has 2 aromatic rings. The summed E-state index contributed by atoms with van der Waals surface area (Å²) in [5, 5.41) is 13.0. The Morgan fingerprint density at radius 1 is 1.14 bits per heavy atom. The molecular weight excluding hydrogens is 379 g/mol. The standard InChI is InChI=1S/C21H19FN2O5/c1-29-20(28)21(11-25)16-15(17(23-21)13-9-5-6-10-14(13)22)18(26)24(19(16)27)12-7-3-2-4-8-12/h2-10,15-17,23,25H,11H2,1H3/t15-,16-,17-,21+/m0/s1. The molecule has 2 aliphatic heterocycles. The van der Waals surface area contributed by atoms with Gasteiger partial charge in [-0.25, -0.2) is 14.1 Å². The van der Waals surface area contributed by atoms with Gasteiger partial charge in [-0.15, -0.1) is 0 Å². The number of hydrogen-bond donors (Lipinski definition) is 2. The molecule has 4 rings (SSSR count). The zero-order chi connectivity index (χ0) is 20.8. The highest BCUT2D eigenvalue weighted by molar-refractivity contribution is 6.24. The van der Waals surface area contributed by atoms with Crippen molar-refractivity contribution in [3.8, 4) is 0 Å². The van der Waals surface area contributed by atoms with Crippen LogP contribution in [0.5, 0.6) is 0 Å². The number of halogens is 1. The normalized spacial score (nSPS) is 28.5. The third-order valence-corrected chi connectivity index (χ3v) is 5.71. The molecule has 2 aliphatic rings. The van der Waals surface area contributed by atoms with Crippen molar-refractivity contribution < 1.29 is 28.6 Å². The van der Waals surface area contributed by atoms with Crippen molar-refractivity contribution in [2.45, 2.75) is 11.6 Å². The van der Waals surface area contributed by atoms with E-state index in [1.807, 2.05) is 0 Å². The van der Waals surface area contributed by atoms with E-state index in [9.17, 15) is 23.9 Å². The predicted molar refractivity (Wildman–Crippen MR) is 100 cm³/mol. The Labute approximate surface area is 166 Å². The highest BCUT2D eigenvalue weighted by Gasteiger charge is 2.69. The molecule has 0 aliphatic carbocycles. The summed E-state index contributed by atoms with van der Waals surface area (Å²) in [7, 11) is 1.13. The van der Waals surface area contributed by atoms with Crippen LogP contribution in [0.15, 0.2) is 54.6 Å². The van der Waals surface area contributed by atoms with E-state index in [2.05, 4.69) is 5.32 Å². The molecule has 2 amide bonds. The van der Waals surface area contributed by atoms with Gasteiger partial charge in [0.15, 0.2) is 5.54 Å². The number of esters is 1. The minimum atomic E-state index is -1.86. The van der Waals surface area contributed by atoms with E-state index in [4.69, 9.17) is 4.74 Å². The van der Waals surface area contributed by atoms with Crippen molar-refractivity contribution in [2.24, 2.45) is 11.8 Å². The van der Waals surface area contributed by atoms with E-state index >= 15 is 0 Å². The monoisotopic (exact) mass is 398 g/mol. The van der Waals surface area contributed by atoms with Crippen molar-refractivity contribution in [1.82, 2.24) is 5.32 Å². The van der Waals surface area contributed by atoms with Crippen molar-refractivity contribution in [3.05, 3.63) is 66.0 Å². The lowest BCUT2D eigenvalue weighted by Crippen LogP contribution is -2.59. The van der Waals surface area contributed by atoms with E-state index in [1.165, 1.54) is 18.2 Å². The van der Waals surface area contributed by atoms with Crippen LogP contribution in [-0.2, 0) is 19.1 Å². The van der Waals surface area contributed by atoms with Gasteiger partial charge in [0.05, 0.1) is 31.2 Å². The molecule has 2 saturated heterocycles. The molecule has 0 aromatic heterocycles. The van der Waals surface area contributed by atoms with Crippen LogP contribution in [0.25, 0.3) is 0 Å². The molecule has 2 fully saturated rings. The summed E-state index contributed by atoms with van der Waals surface area (Å²) in [5.41, 5.74) is -1.37. The van der Waals surface area contributed by atoms with Crippen molar-refractivity contribution in [3.63, 3.8) is 0 Å². The van der Waals surface area contributed by atoms with E-state index in [0.29, 0.717) is 5.69 Å². The SMILES string of the molecule is COC(=O)[C@]1(CO)N[C@@H](c2ccccc2F)[C@H]2C(=O)N(c3ccccc3)C(=O)[C@H]21. The number of nitrogens with zero attached hydrogens (tertiary/aromatic N) is 1. The molecule has 29 heavy (non-hydrogen) atoms. The van der Waals surface area contributed by atoms with Crippen LogP contribution in [0.3, 0.4) is 0 Å². The molecule has 8 heteroatoms. The van der Waals surface area contributed by atoms with Gasteiger partial charge in [0, 0.05) is 11.6 Å². The molecule has 2 N–H and O–H groups in total. The summed E-state index contributed by atoms with van der Waals surface area (Å²) < 4.78 is 19.4. The summed E-state index contributed by atoms with van der Waals surface area (Å²) in [5.74, 6) is -4.99. The second-order valence-electron chi connectivity index (χ2n) is 7.12. The Hall–Kier alpha value is -3.10. The number of carbonyl (C=O) groups is 3. The van der Waals surface area contributed by atoms with Crippen LogP contribution in [0.1, 0.15) is 11.6 Å². The number of carbonyl (C=O) groups excluding carboxylic acids is 3. The average Bonchev–Trinajstić information content (AvgIpc) is 3.23. The number of aliphatic hydroxyl groups excluding tert-OH is 1. The smallest absolute Gasteiger partial charge is 0.329 e. The minimum Gasteiger partial charge on any atom is -0.468 e. The molecule has 0 spiro atoms. The fourth-order valence-electron chi connectivity index (χ4n) is 4.41. The molecule has 0 saturated carbocycles. The topological polar surface area (TPSA) is 95.9 Å². The highest BCUT2D eigenvalue weighted by atomic mass is 19.1. The first-order valence-corrected chi connectivity index (χ1v) is 9.10. The maximum atomic E-state index is 14.6. The van der Waals surface area contributed by atoms with E-state index in [1.54, 1.807) is 36.4 Å². The number of nitrogens with one attached hydrogen (secondary N) is 1. The largest absolute Gasteiger partial charge is 0.468 e. The van der Waals surface area contributed by atoms with Crippen LogP contribution in [0.4, 0.5) is 10.1 Å². The first-order valence-electron chi connectivity index (χ1n) is 9.10. The van der Waals surface area contributed by atoms with Crippen LogP contribution >= 0.6 is 0 Å². The van der Waals surface area contributed by atoms with Gasteiger partial charge in [-0.1, -0.05) is 36.4 Å². The quantitative estimate of drug-likeness (QED) is 0.593. The lowest BCUT2D eigenvalue weighted by atomic mass is 9.79. The Morgan fingerprint density at radius 3 is 2.41 bits per heavy atom. The number of fused-ring (bicyclic) bond motifs is 1. The summed E-state index contributed by atoms with van der Waals surface area (Å²) >= 11 is 0. The lowest BCUT2D eigenvalue weighted by molar-refractivity contribution is -0.154. The second-order valence-corrected chi connectivity index (χ2v) is 7.12. The highest BCUT2D eigenvalue weighted by Crippen LogP contribution is 2.50. The first kappa shape index (κ1) is 19.2. The van der Waals surface area contributed by atoms with Gasteiger partial charge < -0.3 is 9.84 Å². The zero-order valence-electron chi connectivity index (χ0n) is 15.5. The van der Waals surface area contributed by atoms with E-state index in [-0.39, 0.29) is 5.56 Å². The molecule has 0 bridgehead atoms. The number of anilines is 1. The Bertz CT molecular complexity index is 982. The van der Waals surface area contributed by atoms with Crippen LogP contribution in [0, 0.1) is 17.7 Å². The van der Waals surface area contributed by atoms with Crippen LogP contribution < -0.4 is 10.2 Å². The molecule has 2 heterocycles. The molecular formula is C21H19FN2O5. The first-order chi connectivity index (χ1) is 14.0. The molecule has 7 nitrogen and oxygen atoms in total. The molecule has 0 unspecified atom stereocenters. The molecule has 0 radical (unpaired) electrons. The maximum absolute atomic E-state index is 14.6. The molecule has 150 valence electrons. The second kappa shape index (κ2) is 7.06. The third kappa shape index (κ3) is 2.67. The Balaban J connectivity index is 1.88. The van der Waals surface area contributed by atoms with Crippen molar-refractivity contribution >= 4 is 23.5 Å². The average molecular weight is 398 g/mol. The van der Waals surface area contributed by atoms with Gasteiger partial charge in [-0.3, -0.25) is 14.9 Å². The predicted octanol–water partition coefficient (Wildman–Crippen LogP) is 1.18. The third-order valence-electron chi connectivity index (χ3n) is 5.71. The number of methoxy groups -OCH3 is 1. The van der Waals surface area contributed by atoms with Crippen molar-refractivity contribution in [2.75, 3.05) is 18.6 Å². The summed E-state index contributed by atoms with van der Waals surface area (Å²) in [6, 6.07) is 13.1. The number of amides is 2. The zero-order valence-corrected chi connectivity index (χ0v) is 15.5. The van der Waals surface area contributed by atoms with Gasteiger partial charge in [-0.05, 0) is 18.2 Å². The summed E-state index contributed by atoms with van der Waals surface area (Å²) in [6.45, 7) is -0.784. The number of ether oxygens (including phenoxy) is 1. The number of aliphatic hydroxyl groups is 1. The maximum Gasteiger partial charge on any atom is 0.329 e. The molecule has 2 aromatic carbocycles. The minimum absolute atomic E-state index is 0.137. The van der Waals surface area contributed by atoms with E-state index < -0.39 is 53.6 Å². The Kier molecular flexibility index (Phi) is 4.68. The number of benzene rings is 2. The summed E-state index contributed by atoms with van der Waals surface area (Å²) in [4.78, 5) is 40.3. The van der Waals surface area contributed by atoms with Crippen LogP contribution in [0.2, 0.25) is 0 Å².